The van der Waals surface area contributed by atoms with Crippen LogP contribution in [0.25, 0.3) is 0 Å². The Hall–Kier alpha value is -1.92. The monoisotopic (exact) mass is 315 g/mol. The molecule has 1 aromatic rings. The summed E-state index contributed by atoms with van der Waals surface area (Å²) in [6.45, 7) is 4.85. The third-order valence-electron chi connectivity index (χ3n) is 4.06. The smallest absolute Gasteiger partial charge is 0.404 e. The van der Waals surface area contributed by atoms with Crippen LogP contribution in [0, 0.1) is 11.3 Å². The van der Waals surface area contributed by atoms with Crippen molar-refractivity contribution in [3.63, 3.8) is 0 Å². The van der Waals surface area contributed by atoms with E-state index < -0.39 is 6.36 Å². The minimum absolute atomic E-state index is 0.0881. The van der Waals surface area contributed by atoms with E-state index in [4.69, 9.17) is 5.73 Å². The third-order valence-corrected chi connectivity index (χ3v) is 4.06. The fourth-order valence-corrected chi connectivity index (χ4v) is 2.28. The number of nitrogens with zero attached hydrogens (tertiary/aromatic N) is 1. The van der Waals surface area contributed by atoms with E-state index in [9.17, 15) is 13.2 Å². The number of hydrogen-bond donors (Lipinski definition) is 2. The van der Waals surface area contributed by atoms with Gasteiger partial charge in [0.15, 0.2) is 11.7 Å². The van der Waals surface area contributed by atoms with Crippen LogP contribution in [0.2, 0.25) is 0 Å². The van der Waals surface area contributed by atoms with E-state index in [1.165, 1.54) is 18.2 Å². The van der Waals surface area contributed by atoms with Crippen molar-refractivity contribution in [2.24, 2.45) is 22.1 Å². The first-order valence-corrected chi connectivity index (χ1v) is 7.14. The molecule has 1 aliphatic carbocycles. The van der Waals surface area contributed by atoms with Crippen LogP contribution >= 0.6 is 0 Å². The van der Waals surface area contributed by atoms with Crippen LogP contribution in [0.15, 0.2) is 29.3 Å². The van der Waals surface area contributed by atoms with E-state index >= 15 is 0 Å². The van der Waals surface area contributed by atoms with Crippen LogP contribution in [-0.4, -0.2) is 18.9 Å². The molecule has 2 rings (SSSR count). The van der Waals surface area contributed by atoms with Gasteiger partial charge in [0.25, 0.3) is 0 Å². The van der Waals surface area contributed by atoms with Gasteiger partial charge in [0.05, 0.1) is 5.69 Å². The highest BCUT2D eigenvalue weighted by molar-refractivity contribution is 5.93. The Bertz CT molecular complexity index is 551. The van der Waals surface area contributed by atoms with E-state index in [0.717, 1.165) is 12.8 Å². The Morgan fingerprint density at radius 1 is 1.36 bits per heavy atom. The molecule has 0 saturated heterocycles. The predicted octanol–water partition coefficient (Wildman–Crippen LogP) is 3.75. The quantitative estimate of drug-likeness (QED) is 0.642. The third kappa shape index (κ3) is 4.29. The summed E-state index contributed by atoms with van der Waals surface area (Å²) in [4.78, 5) is 4.26. The van der Waals surface area contributed by atoms with Crippen molar-refractivity contribution in [1.82, 2.24) is 0 Å². The van der Waals surface area contributed by atoms with Crippen LogP contribution in [0.4, 0.5) is 18.9 Å². The molecule has 0 amide bonds. The molecule has 22 heavy (non-hydrogen) atoms. The second-order valence-electron chi connectivity index (χ2n) is 5.89. The van der Waals surface area contributed by atoms with Gasteiger partial charge < -0.3 is 15.8 Å². The molecule has 3 N–H and O–H groups in total. The van der Waals surface area contributed by atoms with Crippen molar-refractivity contribution in [1.29, 1.82) is 0 Å². The van der Waals surface area contributed by atoms with E-state index in [-0.39, 0.29) is 22.8 Å². The summed E-state index contributed by atoms with van der Waals surface area (Å²) in [5.74, 6) is 0.258. The Morgan fingerprint density at radius 2 is 2.00 bits per heavy atom. The van der Waals surface area contributed by atoms with Crippen molar-refractivity contribution in [2.75, 3.05) is 11.9 Å². The predicted molar refractivity (Wildman–Crippen MR) is 79.7 cm³/mol. The lowest BCUT2D eigenvalue weighted by Gasteiger charge is -2.18. The van der Waals surface area contributed by atoms with Crippen LogP contribution in [-0.2, 0) is 0 Å². The van der Waals surface area contributed by atoms with E-state index in [1.807, 2.05) is 0 Å². The standard InChI is InChI=1S/C15H20F3N3O/c1-10(2)14(7-8-14)9-20-13(19)21-11-5-3-4-6-12(11)22-15(16,17)18/h3-6,10H,7-9H2,1-2H3,(H3,19,20,21). The number of guanidine groups is 1. The van der Waals surface area contributed by atoms with Gasteiger partial charge in [-0.3, -0.25) is 4.99 Å². The maximum atomic E-state index is 12.3. The maximum Gasteiger partial charge on any atom is 0.573 e. The molecule has 0 radical (unpaired) electrons. The molecule has 1 aromatic carbocycles. The second kappa shape index (κ2) is 6.06. The zero-order valence-electron chi connectivity index (χ0n) is 12.6. The number of nitrogens with one attached hydrogen (secondary N) is 1. The number of aliphatic imine (C=N–C) groups is 1. The highest BCUT2D eigenvalue weighted by Crippen LogP contribution is 2.52. The van der Waals surface area contributed by atoms with Gasteiger partial charge in [0.1, 0.15) is 0 Å². The lowest BCUT2D eigenvalue weighted by molar-refractivity contribution is -0.274. The van der Waals surface area contributed by atoms with Gasteiger partial charge in [-0.1, -0.05) is 26.0 Å². The molecule has 0 aliphatic heterocycles. The maximum absolute atomic E-state index is 12.3. The molecule has 0 unspecified atom stereocenters. The number of benzene rings is 1. The van der Waals surface area contributed by atoms with E-state index in [1.54, 1.807) is 6.07 Å². The summed E-state index contributed by atoms with van der Waals surface area (Å²) < 4.78 is 41.0. The molecule has 0 aromatic heterocycles. The fraction of sp³-hybridized carbons (Fsp3) is 0.533. The normalized spacial score (nSPS) is 17.5. The molecule has 0 spiro atoms. The van der Waals surface area contributed by atoms with Gasteiger partial charge in [-0.25, -0.2) is 0 Å². The summed E-state index contributed by atoms with van der Waals surface area (Å²) >= 11 is 0. The second-order valence-corrected chi connectivity index (χ2v) is 5.89. The van der Waals surface area contributed by atoms with Crippen LogP contribution in [0.1, 0.15) is 26.7 Å². The average Bonchev–Trinajstić information content (AvgIpc) is 3.18. The Morgan fingerprint density at radius 3 is 2.55 bits per heavy atom. The molecule has 0 atom stereocenters. The van der Waals surface area contributed by atoms with Crippen molar-refractivity contribution in [3.8, 4) is 5.75 Å². The van der Waals surface area contributed by atoms with Crippen molar-refractivity contribution in [3.05, 3.63) is 24.3 Å². The molecular weight excluding hydrogens is 295 g/mol. The van der Waals surface area contributed by atoms with E-state index in [0.29, 0.717) is 12.5 Å². The minimum atomic E-state index is -4.75. The number of para-hydroxylation sites is 2. The highest BCUT2D eigenvalue weighted by atomic mass is 19.4. The molecule has 0 heterocycles. The van der Waals surface area contributed by atoms with Gasteiger partial charge >= 0.3 is 6.36 Å². The molecule has 122 valence electrons. The Kier molecular flexibility index (Phi) is 4.53. The van der Waals surface area contributed by atoms with Gasteiger partial charge in [-0.2, -0.15) is 0 Å². The van der Waals surface area contributed by atoms with Crippen molar-refractivity contribution < 1.29 is 17.9 Å². The Labute approximate surface area is 127 Å². The number of hydrogen-bond acceptors (Lipinski definition) is 2. The number of nitrogens with two attached hydrogens (primary N) is 1. The summed E-state index contributed by atoms with van der Waals surface area (Å²) in [6.07, 6.45) is -2.54. The number of alkyl halides is 3. The number of rotatable bonds is 5. The zero-order valence-corrected chi connectivity index (χ0v) is 12.6. The largest absolute Gasteiger partial charge is 0.573 e. The van der Waals surface area contributed by atoms with Crippen LogP contribution in [0.5, 0.6) is 5.75 Å². The molecule has 0 bridgehead atoms. The van der Waals surface area contributed by atoms with Crippen molar-refractivity contribution in [2.45, 2.75) is 33.1 Å². The van der Waals surface area contributed by atoms with E-state index in [2.05, 4.69) is 28.9 Å². The SMILES string of the molecule is CC(C)C1(CN=C(N)Nc2ccccc2OC(F)(F)F)CC1. The topological polar surface area (TPSA) is 59.6 Å². The summed E-state index contributed by atoms with van der Waals surface area (Å²) in [5.41, 5.74) is 6.10. The van der Waals surface area contributed by atoms with Gasteiger partial charge in [0.2, 0.25) is 0 Å². The zero-order chi connectivity index (χ0) is 16.4. The average molecular weight is 315 g/mol. The molecule has 4 nitrogen and oxygen atoms in total. The summed E-state index contributed by atoms with van der Waals surface area (Å²) in [6, 6.07) is 5.73. The van der Waals surface area contributed by atoms with Gasteiger partial charge in [-0.05, 0) is 36.3 Å². The fourth-order valence-electron chi connectivity index (χ4n) is 2.28. The van der Waals surface area contributed by atoms with Gasteiger partial charge in [0, 0.05) is 6.54 Å². The summed E-state index contributed by atoms with van der Waals surface area (Å²) in [5, 5.41) is 2.68. The number of ether oxygens (including phenoxy) is 1. The number of halogens is 3. The highest BCUT2D eigenvalue weighted by Gasteiger charge is 2.45. The molecule has 7 heteroatoms. The van der Waals surface area contributed by atoms with Crippen LogP contribution in [0.3, 0.4) is 0 Å². The summed E-state index contributed by atoms with van der Waals surface area (Å²) in [7, 11) is 0. The van der Waals surface area contributed by atoms with Crippen LogP contribution < -0.4 is 15.8 Å². The minimum Gasteiger partial charge on any atom is -0.404 e. The molecular formula is C15H20F3N3O. The molecule has 1 aliphatic rings. The first kappa shape index (κ1) is 16.5. The molecule has 1 saturated carbocycles. The van der Waals surface area contributed by atoms with Gasteiger partial charge in [-0.15, -0.1) is 13.2 Å². The lowest BCUT2D eigenvalue weighted by atomic mass is 9.93. The lowest BCUT2D eigenvalue weighted by Crippen LogP contribution is -2.26. The number of anilines is 1. The first-order valence-electron chi connectivity index (χ1n) is 7.14. The Balaban J connectivity index is 2.04. The molecule has 1 fully saturated rings. The van der Waals surface area contributed by atoms with Crippen molar-refractivity contribution >= 4 is 11.6 Å². The first-order chi connectivity index (χ1) is 10.2.